The molecule has 0 aromatic rings. The summed E-state index contributed by atoms with van der Waals surface area (Å²) in [7, 11) is 0. The van der Waals surface area contributed by atoms with Crippen LogP contribution in [-0.4, -0.2) is 6.17 Å². The lowest BCUT2D eigenvalue weighted by Crippen LogP contribution is -2.37. The van der Waals surface area contributed by atoms with Gasteiger partial charge >= 0.3 is 0 Å². The molecular formula is C10H16N2. The molecule has 3 N–H and O–H groups in total. The molecule has 2 heteroatoms. The Labute approximate surface area is 73.8 Å². The molecule has 1 heterocycles. The highest BCUT2D eigenvalue weighted by molar-refractivity contribution is 5.36. The number of dihydropyridines is 1. The van der Waals surface area contributed by atoms with E-state index in [0.29, 0.717) is 0 Å². The van der Waals surface area contributed by atoms with Crippen molar-refractivity contribution in [3.8, 4) is 0 Å². The predicted molar refractivity (Wildman–Crippen MR) is 52.4 cm³/mol. The lowest BCUT2D eigenvalue weighted by Gasteiger charge is -2.19. The minimum Gasteiger partial charge on any atom is -0.372 e. The Morgan fingerprint density at radius 1 is 1.67 bits per heavy atom. The second-order valence-corrected chi connectivity index (χ2v) is 2.86. The van der Waals surface area contributed by atoms with E-state index in [4.69, 9.17) is 5.73 Å². The van der Waals surface area contributed by atoms with Crippen LogP contribution in [0.2, 0.25) is 0 Å². The molecule has 1 aliphatic rings. The van der Waals surface area contributed by atoms with Gasteiger partial charge in [0.1, 0.15) is 6.17 Å². The molecule has 12 heavy (non-hydrogen) atoms. The average molecular weight is 164 g/mol. The van der Waals surface area contributed by atoms with Crippen LogP contribution in [0.5, 0.6) is 0 Å². The van der Waals surface area contributed by atoms with Crippen molar-refractivity contribution in [3.05, 3.63) is 35.6 Å². The summed E-state index contributed by atoms with van der Waals surface area (Å²) < 4.78 is 0. The molecule has 0 bridgehead atoms. The van der Waals surface area contributed by atoms with Crippen molar-refractivity contribution >= 4 is 0 Å². The zero-order chi connectivity index (χ0) is 8.97. The van der Waals surface area contributed by atoms with Crippen molar-refractivity contribution in [3.63, 3.8) is 0 Å². The summed E-state index contributed by atoms with van der Waals surface area (Å²) in [5.41, 5.74) is 8.25. The van der Waals surface area contributed by atoms with Gasteiger partial charge in [-0.05, 0) is 24.5 Å². The van der Waals surface area contributed by atoms with Gasteiger partial charge in [0.2, 0.25) is 0 Å². The minimum atomic E-state index is -0.0449. The Balaban J connectivity index is 2.79. The summed E-state index contributed by atoms with van der Waals surface area (Å²) in [6.07, 6.45) is 9.17. The molecule has 1 atom stereocenters. The van der Waals surface area contributed by atoms with Gasteiger partial charge in [-0.1, -0.05) is 25.2 Å². The second-order valence-electron chi connectivity index (χ2n) is 2.86. The average Bonchev–Trinajstić information content (AvgIpc) is 2.09. The number of nitrogens with two attached hydrogens (primary N) is 1. The maximum absolute atomic E-state index is 5.81. The number of nitrogens with one attached hydrogen (secondary N) is 1. The van der Waals surface area contributed by atoms with E-state index in [2.05, 4.69) is 18.3 Å². The van der Waals surface area contributed by atoms with Crippen LogP contribution >= 0.6 is 0 Å². The number of allylic oxidation sites excluding steroid dienone is 3. The first kappa shape index (κ1) is 9.07. The Bertz CT molecular complexity index is 236. The van der Waals surface area contributed by atoms with Gasteiger partial charge in [-0.2, -0.15) is 0 Å². The lowest BCUT2D eigenvalue weighted by molar-refractivity contribution is 0.691. The molecule has 0 saturated carbocycles. The van der Waals surface area contributed by atoms with Gasteiger partial charge in [0.25, 0.3) is 0 Å². The van der Waals surface area contributed by atoms with Crippen molar-refractivity contribution in [1.82, 2.24) is 5.32 Å². The zero-order valence-corrected chi connectivity index (χ0v) is 7.67. The maximum Gasteiger partial charge on any atom is 0.100 e. The van der Waals surface area contributed by atoms with Crippen molar-refractivity contribution in [1.29, 1.82) is 0 Å². The number of hydrogen-bond acceptors (Lipinski definition) is 2. The largest absolute Gasteiger partial charge is 0.372 e. The quantitative estimate of drug-likeness (QED) is 0.651. The Hall–Kier alpha value is -1.02. The van der Waals surface area contributed by atoms with E-state index in [1.165, 1.54) is 5.57 Å². The van der Waals surface area contributed by atoms with Gasteiger partial charge in [0.15, 0.2) is 0 Å². The SMILES string of the molecule is C/C=C\C1=CC(CC)=CNC1N. The van der Waals surface area contributed by atoms with Gasteiger partial charge in [-0.15, -0.1) is 0 Å². The smallest absolute Gasteiger partial charge is 0.100 e. The normalized spacial score (nSPS) is 23.4. The fourth-order valence-corrected chi connectivity index (χ4v) is 1.19. The molecule has 0 amide bonds. The van der Waals surface area contributed by atoms with Crippen molar-refractivity contribution in [2.24, 2.45) is 5.73 Å². The molecule has 0 aliphatic carbocycles. The van der Waals surface area contributed by atoms with Crippen LogP contribution in [-0.2, 0) is 0 Å². The van der Waals surface area contributed by atoms with Crippen LogP contribution < -0.4 is 11.1 Å². The zero-order valence-electron chi connectivity index (χ0n) is 7.67. The topological polar surface area (TPSA) is 38.0 Å². The van der Waals surface area contributed by atoms with E-state index in [1.807, 2.05) is 25.3 Å². The highest BCUT2D eigenvalue weighted by atomic mass is 15.0. The van der Waals surface area contributed by atoms with Crippen molar-refractivity contribution in [2.75, 3.05) is 0 Å². The standard InChI is InChI=1S/C10H16N2/c1-3-5-9-6-8(4-2)7-12-10(9)11/h3,5-7,10,12H,4,11H2,1-2H3/b5-3-. The van der Waals surface area contributed by atoms with Gasteiger partial charge in [-0.3, -0.25) is 0 Å². The van der Waals surface area contributed by atoms with Crippen LogP contribution in [0.25, 0.3) is 0 Å². The third kappa shape index (κ3) is 1.98. The summed E-state index contributed by atoms with van der Waals surface area (Å²) in [4.78, 5) is 0. The second kappa shape index (κ2) is 4.12. The maximum atomic E-state index is 5.81. The fraction of sp³-hybridized carbons (Fsp3) is 0.400. The summed E-state index contributed by atoms with van der Waals surface area (Å²) in [6.45, 7) is 4.13. The monoisotopic (exact) mass is 164 g/mol. The molecule has 1 unspecified atom stereocenters. The van der Waals surface area contributed by atoms with Gasteiger partial charge in [-0.25, -0.2) is 0 Å². The summed E-state index contributed by atoms with van der Waals surface area (Å²) in [5, 5.41) is 3.11. The fourth-order valence-electron chi connectivity index (χ4n) is 1.19. The Morgan fingerprint density at radius 2 is 2.42 bits per heavy atom. The van der Waals surface area contributed by atoms with E-state index in [0.717, 1.165) is 12.0 Å². The summed E-state index contributed by atoms with van der Waals surface area (Å²) >= 11 is 0. The molecule has 0 aromatic heterocycles. The van der Waals surface area contributed by atoms with E-state index in [-0.39, 0.29) is 6.17 Å². The van der Waals surface area contributed by atoms with Crippen LogP contribution in [0.3, 0.4) is 0 Å². The van der Waals surface area contributed by atoms with Crippen LogP contribution in [0, 0.1) is 0 Å². The van der Waals surface area contributed by atoms with Crippen LogP contribution in [0.15, 0.2) is 35.6 Å². The van der Waals surface area contributed by atoms with Gasteiger partial charge in [0, 0.05) is 6.20 Å². The van der Waals surface area contributed by atoms with Crippen molar-refractivity contribution < 1.29 is 0 Å². The minimum absolute atomic E-state index is 0.0449. The Morgan fingerprint density at radius 3 is 3.00 bits per heavy atom. The molecule has 2 nitrogen and oxygen atoms in total. The molecule has 1 rings (SSSR count). The van der Waals surface area contributed by atoms with Gasteiger partial charge in [0.05, 0.1) is 0 Å². The first-order chi connectivity index (χ1) is 5.77. The molecule has 0 radical (unpaired) electrons. The third-order valence-corrected chi connectivity index (χ3v) is 1.93. The highest BCUT2D eigenvalue weighted by Gasteiger charge is 2.08. The van der Waals surface area contributed by atoms with Crippen LogP contribution in [0.1, 0.15) is 20.3 Å². The number of hydrogen-bond donors (Lipinski definition) is 2. The van der Waals surface area contributed by atoms with Crippen LogP contribution in [0.4, 0.5) is 0 Å². The highest BCUT2D eigenvalue weighted by Crippen LogP contribution is 2.13. The van der Waals surface area contributed by atoms with E-state index in [9.17, 15) is 0 Å². The first-order valence-electron chi connectivity index (χ1n) is 4.33. The van der Waals surface area contributed by atoms with Crippen molar-refractivity contribution in [2.45, 2.75) is 26.4 Å². The van der Waals surface area contributed by atoms with E-state index >= 15 is 0 Å². The number of rotatable bonds is 2. The van der Waals surface area contributed by atoms with Gasteiger partial charge < -0.3 is 11.1 Å². The molecule has 0 spiro atoms. The molecule has 0 fully saturated rings. The lowest BCUT2D eigenvalue weighted by atomic mass is 10.0. The Kier molecular flexibility index (Phi) is 3.11. The molecular weight excluding hydrogens is 148 g/mol. The first-order valence-corrected chi connectivity index (χ1v) is 4.33. The third-order valence-electron chi connectivity index (χ3n) is 1.93. The van der Waals surface area contributed by atoms with E-state index < -0.39 is 0 Å². The van der Waals surface area contributed by atoms with E-state index in [1.54, 1.807) is 0 Å². The molecule has 1 aliphatic heterocycles. The molecule has 0 saturated heterocycles. The summed E-state index contributed by atoms with van der Waals surface area (Å²) in [5.74, 6) is 0. The molecule has 0 aromatic carbocycles. The molecule has 66 valence electrons. The summed E-state index contributed by atoms with van der Waals surface area (Å²) in [6, 6.07) is 0. The predicted octanol–water partition coefficient (Wildman–Crippen LogP) is 1.67.